The highest BCUT2D eigenvalue weighted by Gasteiger charge is 2.21. The first-order chi connectivity index (χ1) is 13.1. The van der Waals surface area contributed by atoms with Crippen LogP contribution in [-0.4, -0.2) is 47.7 Å². The number of carbonyl (C=O) groups is 1. The van der Waals surface area contributed by atoms with Crippen molar-refractivity contribution >= 4 is 29.3 Å². The van der Waals surface area contributed by atoms with Crippen molar-refractivity contribution in [3.05, 3.63) is 59.1 Å². The zero-order chi connectivity index (χ0) is 19.1. The lowest BCUT2D eigenvalue weighted by Crippen LogP contribution is -2.41. The molecule has 1 aliphatic heterocycles. The minimum Gasteiger partial charge on any atom is -0.489 e. The van der Waals surface area contributed by atoms with Crippen molar-refractivity contribution in [1.82, 2.24) is 4.90 Å². The zero-order valence-electron chi connectivity index (χ0n) is 14.8. The number of rotatable bonds is 8. The van der Waals surface area contributed by atoms with Gasteiger partial charge in [0, 0.05) is 35.1 Å². The molecule has 0 amide bonds. The van der Waals surface area contributed by atoms with Crippen molar-refractivity contribution in [3.63, 3.8) is 0 Å². The molecule has 2 aromatic rings. The fourth-order valence-electron chi connectivity index (χ4n) is 2.74. The molecular formula is C20H22ClNO4S. The van der Waals surface area contributed by atoms with Gasteiger partial charge in [-0.2, -0.15) is 0 Å². The Morgan fingerprint density at radius 1 is 1.26 bits per heavy atom. The van der Waals surface area contributed by atoms with Crippen LogP contribution in [-0.2, 0) is 16.1 Å². The smallest absolute Gasteiger partial charge is 0.304 e. The summed E-state index contributed by atoms with van der Waals surface area (Å²) in [7, 11) is 0. The number of nitrogens with zero attached hydrogens (tertiary/aromatic N) is 1. The highest BCUT2D eigenvalue weighted by atomic mass is 35.5. The Hall–Kier alpha value is -1.73. The summed E-state index contributed by atoms with van der Waals surface area (Å²) in [5.74, 6) is 0.0185. The standard InChI is InChI=1S/C20H22ClNO4S/c21-18-4-2-1-3-15(18)14-26-16-5-7-17(8-6-16)27-20-13-22(11-12-25-20)10-9-19(23)24/h1-8,20H,9-14H2,(H,23,24). The predicted molar refractivity (Wildman–Crippen MR) is 107 cm³/mol. The van der Waals surface area contributed by atoms with Gasteiger partial charge >= 0.3 is 5.97 Å². The van der Waals surface area contributed by atoms with Gasteiger partial charge in [-0.3, -0.25) is 9.69 Å². The molecule has 0 aliphatic carbocycles. The average molecular weight is 408 g/mol. The Morgan fingerprint density at radius 3 is 2.78 bits per heavy atom. The number of hydrogen-bond acceptors (Lipinski definition) is 5. The average Bonchev–Trinajstić information content (AvgIpc) is 2.67. The predicted octanol–water partition coefficient (Wildman–Crippen LogP) is 4.14. The van der Waals surface area contributed by atoms with E-state index in [4.69, 9.17) is 26.2 Å². The Bertz CT molecular complexity index is 756. The van der Waals surface area contributed by atoms with E-state index in [-0.39, 0.29) is 11.9 Å². The van der Waals surface area contributed by atoms with E-state index in [0.29, 0.717) is 24.8 Å². The molecule has 3 rings (SSSR count). The minimum absolute atomic E-state index is 0.00226. The van der Waals surface area contributed by atoms with Gasteiger partial charge in [0.05, 0.1) is 13.0 Å². The molecule has 27 heavy (non-hydrogen) atoms. The number of halogens is 1. The molecule has 1 heterocycles. The first kappa shape index (κ1) is 20.0. The second-order valence-electron chi connectivity index (χ2n) is 6.21. The summed E-state index contributed by atoms with van der Waals surface area (Å²) in [6, 6.07) is 15.5. The van der Waals surface area contributed by atoms with Gasteiger partial charge in [-0.15, -0.1) is 0 Å². The van der Waals surface area contributed by atoms with Crippen molar-refractivity contribution in [2.45, 2.75) is 23.4 Å². The summed E-state index contributed by atoms with van der Waals surface area (Å²) in [4.78, 5) is 13.9. The van der Waals surface area contributed by atoms with Crippen LogP contribution in [0.1, 0.15) is 12.0 Å². The van der Waals surface area contributed by atoms with E-state index in [1.807, 2.05) is 48.5 Å². The summed E-state index contributed by atoms with van der Waals surface area (Å²) in [5.41, 5.74) is 0.956. The number of carboxylic acids is 1. The summed E-state index contributed by atoms with van der Waals surface area (Å²) in [6.45, 7) is 3.11. The number of carboxylic acid groups (broad SMARTS) is 1. The van der Waals surface area contributed by atoms with Gasteiger partial charge in [0.1, 0.15) is 17.8 Å². The third kappa shape index (κ3) is 6.43. The molecule has 1 saturated heterocycles. The monoisotopic (exact) mass is 407 g/mol. The van der Waals surface area contributed by atoms with E-state index in [1.165, 1.54) is 0 Å². The molecule has 144 valence electrons. The quantitative estimate of drug-likeness (QED) is 0.709. The number of benzene rings is 2. The van der Waals surface area contributed by atoms with E-state index in [0.717, 1.165) is 29.3 Å². The van der Waals surface area contributed by atoms with Crippen molar-refractivity contribution < 1.29 is 19.4 Å². The van der Waals surface area contributed by atoms with E-state index in [1.54, 1.807) is 11.8 Å². The number of morpholine rings is 1. The van der Waals surface area contributed by atoms with Crippen LogP contribution in [0.3, 0.4) is 0 Å². The van der Waals surface area contributed by atoms with E-state index >= 15 is 0 Å². The number of aliphatic carboxylic acids is 1. The number of thioether (sulfide) groups is 1. The summed E-state index contributed by atoms with van der Waals surface area (Å²) >= 11 is 7.78. The highest BCUT2D eigenvalue weighted by molar-refractivity contribution is 7.99. The fourth-order valence-corrected chi connectivity index (χ4v) is 3.98. The first-order valence-electron chi connectivity index (χ1n) is 8.79. The summed E-state index contributed by atoms with van der Waals surface area (Å²) in [6.07, 6.45) is 0.162. The Balaban J connectivity index is 1.48. The Morgan fingerprint density at radius 2 is 2.04 bits per heavy atom. The maximum absolute atomic E-state index is 10.7. The zero-order valence-corrected chi connectivity index (χ0v) is 16.4. The van der Waals surface area contributed by atoms with Crippen LogP contribution in [0.4, 0.5) is 0 Å². The third-order valence-electron chi connectivity index (χ3n) is 4.20. The lowest BCUT2D eigenvalue weighted by Gasteiger charge is -2.32. The van der Waals surface area contributed by atoms with E-state index in [2.05, 4.69) is 4.90 Å². The van der Waals surface area contributed by atoms with E-state index < -0.39 is 5.97 Å². The van der Waals surface area contributed by atoms with Crippen LogP contribution in [0.15, 0.2) is 53.4 Å². The number of ether oxygens (including phenoxy) is 2. The lowest BCUT2D eigenvalue weighted by molar-refractivity contribution is -0.137. The first-order valence-corrected chi connectivity index (χ1v) is 10.0. The maximum Gasteiger partial charge on any atom is 0.304 e. The Labute approximate surface area is 168 Å². The van der Waals surface area contributed by atoms with Gasteiger partial charge in [0.25, 0.3) is 0 Å². The largest absolute Gasteiger partial charge is 0.489 e. The summed E-state index contributed by atoms with van der Waals surface area (Å²) in [5, 5.41) is 9.52. The molecular weight excluding hydrogens is 386 g/mol. The molecule has 1 N–H and O–H groups in total. The fraction of sp³-hybridized carbons (Fsp3) is 0.350. The van der Waals surface area contributed by atoms with Crippen LogP contribution in [0.2, 0.25) is 5.02 Å². The molecule has 0 bridgehead atoms. The normalized spacial score (nSPS) is 17.6. The minimum atomic E-state index is -0.766. The topological polar surface area (TPSA) is 59.0 Å². The van der Waals surface area contributed by atoms with Crippen LogP contribution in [0.5, 0.6) is 5.75 Å². The van der Waals surface area contributed by atoms with Gasteiger partial charge in [-0.1, -0.05) is 41.6 Å². The van der Waals surface area contributed by atoms with Crippen LogP contribution in [0, 0.1) is 0 Å². The van der Waals surface area contributed by atoms with Crippen LogP contribution < -0.4 is 4.74 Å². The van der Waals surface area contributed by atoms with Gasteiger partial charge in [-0.25, -0.2) is 0 Å². The van der Waals surface area contributed by atoms with Gasteiger partial charge in [0.2, 0.25) is 0 Å². The third-order valence-corrected chi connectivity index (χ3v) is 5.66. The van der Waals surface area contributed by atoms with Gasteiger partial charge < -0.3 is 14.6 Å². The molecule has 0 spiro atoms. The summed E-state index contributed by atoms with van der Waals surface area (Å²) < 4.78 is 11.6. The van der Waals surface area contributed by atoms with Crippen LogP contribution in [0.25, 0.3) is 0 Å². The lowest BCUT2D eigenvalue weighted by atomic mass is 10.2. The molecule has 5 nitrogen and oxygen atoms in total. The van der Waals surface area contributed by atoms with Gasteiger partial charge in [-0.05, 0) is 30.3 Å². The molecule has 1 aliphatic rings. The highest BCUT2D eigenvalue weighted by Crippen LogP contribution is 2.28. The molecule has 1 fully saturated rings. The maximum atomic E-state index is 10.7. The second-order valence-corrected chi connectivity index (χ2v) is 7.85. The molecule has 0 radical (unpaired) electrons. The SMILES string of the molecule is O=C(O)CCN1CCOC(Sc2ccc(OCc3ccccc3Cl)cc2)C1. The number of hydrogen-bond donors (Lipinski definition) is 1. The van der Waals surface area contributed by atoms with Crippen molar-refractivity contribution in [1.29, 1.82) is 0 Å². The molecule has 0 saturated carbocycles. The van der Waals surface area contributed by atoms with Gasteiger partial charge in [0.15, 0.2) is 0 Å². The van der Waals surface area contributed by atoms with Crippen LogP contribution >= 0.6 is 23.4 Å². The van der Waals surface area contributed by atoms with Crippen molar-refractivity contribution in [2.24, 2.45) is 0 Å². The molecule has 2 aromatic carbocycles. The molecule has 1 atom stereocenters. The van der Waals surface area contributed by atoms with E-state index in [9.17, 15) is 4.79 Å². The second kappa shape index (κ2) is 9.99. The van der Waals surface area contributed by atoms with Crippen molar-refractivity contribution in [3.8, 4) is 5.75 Å². The van der Waals surface area contributed by atoms with Crippen molar-refractivity contribution in [2.75, 3.05) is 26.2 Å². The Kier molecular flexibility index (Phi) is 7.41. The molecule has 1 unspecified atom stereocenters. The molecule has 0 aromatic heterocycles. The molecule has 7 heteroatoms.